The number of hydrogen-bond donors (Lipinski definition) is 4. The number of alkyl halides is 3. The van der Waals surface area contributed by atoms with Gasteiger partial charge in [-0.3, -0.25) is 0 Å². The maximum Gasteiger partial charge on any atom is 0.389 e. The molecule has 0 aromatic heterocycles. The average Bonchev–Trinajstić information content (AvgIpc) is 2.22. The number of aromatic hydroxyl groups is 3. The van der Waals surface area contributed by atoms with E-state index in [1.807, 2.05) is 0 Å². The Bertz CT molecular complexity index is 407. The van der Waals surface area contributed by atoms with E-state index in [1.165, 1.54) is 6.07 Å². The molecule has 0 spiro atoms. The molecule has 0 heterocycles. The molecule has 1 aromatic carbocycles. The highest BCUT2D eigenvalue weighted by Crippen LogP contribution is 2.40. The Morgan fingerprint density at radius 2 is 1.71 bits per heavy atom. The fraction of sp³-hybridized carbons (Fsp3) is 0.400. The van der Waals surface area contributed by atoms with Crippen LogP contribution in [-0.4, -0.2) is 21.5 Å². The highest BCUT2D eigenvalue weighted by molar-refractivity contribution is 5.53. The van der Waals surface area contributed by atoms with Crippen molar-refractivity contribution in [3.63, 3.8) is 0 Å². The second-order valence-corrected chi connectivity index (χ2v) is 3.63. The lowest BCUT2D eigenvalue weighted by Gasteiger charge is -2.15. The number of phenolic OH excluding ortho intramolecular Hbond substituents is 3. The lowest BCUT2D eigenvalue weighted by atomic mass is 10.0. The molecule has 0 unspecified atom stereocenters. The Labute approximate surface area is 95.1 Å². The number of nitrogens with two attached hydrogens (primary N) is 1. The molecule has 0 aliphatic carbocycles. The van der Waals surface area contributed by atoms with Crippen molar-refractivity contribution in [1.29, 1.82) is 0 Å². The van der Waals surface area contributed by atoms with Crippen LogP contribution >= 0.6 is 0 Å². The average molecular weight is 251 g/mol. The van der Waals surface area contributed by atoms with Gasteiger partial charge in [0, 0.05) is 18.0 Å². The van der Waals surface area contributed by atoms with E-state index >= 15 is 0 Å². The highest BCUT2D eigenvalue weighted by atomic mass is 19.4. The zero-order valence-corrected chi connectivity index (χ0v) is 8.70. The molecule has 0 radical (unpaired) electrons. The molecule has 1 atom stereocenters. The van der Waals surface area contributed by atoms with Gasteiger partial charge in [0.1, 0.15) is 0 Å². The monoisotopic (exact) mass is 251 g/mol. The molecular formula is C10H12F3NO3. The van der Waals surface area contributed by atoms with E-state index in [2.05, 4.69) is 0 Å². The van der Waals surface area contributed by atoms with Crippen molar-refractivity contribution in [3.05, 3.63) is 17.7 Å². The molecule has 0 saturated heterocycles. The molecule has 4 nitrogen and oxygen atoms in total. The minimum absolute atomic E-state index is 0.0375. The summed E-state index contributed by atoms with van der Waals surface area (Å²) in [6, 6.07) is 1.16. The van der Waals surface area contributed by atoms with E-state index in [9.17, 15) is 23.4 Å². The first-order valence-corrected chi connectivity index (χ1v) is 4.78. The van der Waals surface area contributed by atoms with Crippen molar-refractivity contribution in [1.82, 2.24) is 0 Å². The van der Waals surface area contributed by atoms with Gasteiger partial charge < -0.3 is 21.1 Å². The van der Waals surface area contributed by atoms with Crippen molar-refractivity contribution in [2.45, 2.75) is 25.1 Å². The van der Waals surface area contributed by atoms with Crippen LogP contribution in [0.1, 0.15) is 24.4 Å². The van der Waals surface area contributed by atoms with Crippen molar-refractivity contribution < 1.29 is 28.5 Å². The van der Waals surface area contributed by atoms with Crippen LogP contribution in [0, 0.1) is 0 Å². The molecule has 0 saturated carbocycles. The number of benzene rings is 1. The van der Waals surface area contributed by atoms with Crippen LogP contribution in [-0.2, 0) is 0 Å². The van der Waals surface area contributed by atoms with Crippen LogP contribution in [0.25, 0.3) is 0 Å². The highest BCUT2D eigenvalue weighted by Gasteiger charge is 2.28. The van der Waals surface area contributed by atoms with Gasteiger partial charge in [-0.1, -0.05) is 0 Å². The normalized spacial score (nSPS) is 13.6. The molecular weight excluding hydrogens is 239 g/mol. The summed E-state index contributed by atoms with van der Waals surface area (Å²) in [4.78, 5) is 0. The van der Waals surface area contributed by atoms with Crippen molar-refractivity contribution in [2.24, 2.45) is 5.73 Å². The molecule has 0 amide bonds. The largest absolute Gasteiger partial charge is 0.504 e. The summed E-state index contributed by atoms with van der Waals surface area (Å²) in [6.45, 7) is 0. The number of halogens is 3. The number of rotatable bonds is 3. The Balaban J connectivity index is 2.83. The van der Waals surface area contributed by atoms with Crippen molar-refractivity contribution in [2.75, 3.05) is 0 Å². The van der Waals surface area contributed by atoms with Gasteiger partial charge in [-0.15, -0.1) is 0 Å². The van der Waals surface area contributed by atoms with Gasteiger partial charge in [0.25, 0.3) is 0 Å². The van der Waals surface area contributed by atoms with Crippen molar-refractivity contribution >= 4 is 0 Å². The van der Waals surface area contributed by atoms with Crippen LogP contribution in [0.15, 0.2) is 12.1 Å². The molecule has 0 aliphatic rings. The molecule has 5 N–H and O–H groups in total. The van der Waals surface area contributed by atoms with Gasteiger partial charge >= 0.3 is 6.18 Å². The maximum absolute atomic E-state index is 12.0. The summed E-state index contributed by atoms with van der Waals surface area (Å²) in [7, 11) is 0. The molecule has 0 fully saturated rings. The first-order valence-electron chi connectivity index (χ1n) is 4.78. The first-order chi connectivity index (χ1) is 7.72. The summed E-state index contributed by atoms with van der Waals surface area (Å²) >= 11 is 0. The van der Waals surface area contributed by atoms with Gasteiger partial charge in [0.05, 0.1) is 0 Å². The Morgan fingerprint density at radius 1 is 1.12 bits per heavy atom. The molecule has 1 aromatic rings. The standard InChI is InChI=1S/C10H12F3NO3/c11-10(12,13)4-3-6(14)5-1-2-7(15)9(17)8(5)16/h1-2,6,15-17H,3-4,14H2/t6-/m1/s1. The van der Waals surface area contributed by atoms with E-state index < -0.39 is 42.3 Å². The van der Waals surface area contributed by atoms with Crippen molar-refractivity contribution in [3.8, 4) is 17.2 Å². The van der Waals surface area contributed by atoms with Gasteiger partial charge in [0.2, 0.25) is 5.75 Å². The van der Waals surface area contributed by atoms with E-state index in [0.29, 0.717) is 0 Å². The van der Waals surface area contributed by atoms with Crippen LogP contribution in [0.3, 0.4) is 0 Å². The van der Waals surface area contributed by atoms with Gasteiger partial charge in [-0.25, -0.2) is 0 Å². The third kappa shape index (κ3) is 3.42. The van der Waals surface area contributed by atoms with Crippen LogP contribution < -0.4 is 5.73 Å². The molecule has 1 rings (SSSR count). The molecule has 0 bridgehead atoms. The summed E-state index contributed by atoms with van der Waals surface area (Å²) < 4.78 is 35.9. The fourth-order valence-corrected chi connectivity index (χ4v) is 1.36. The summed E-state index contributed by atoms with van der Waals surface area (Å²) in [5.74, 6) is -2.04. The van der Waals surface area contributed by atoms with E-state index in [-0.39, 0.29) is 5.56 Å². The predicted molar refractivity (Wildman–Crippen MR) is 53.7 cm³/mol. The van der Waals surface area contributed by atoms with E-state index in [1.54, 1.807) is 0 Å². The number of phenols is 3. The van der Waals surface area contributed by atoms with Crippen LogP contribution in [0.4, 0.5) is 13.2 Å². The smallest absolute Gasteiger partial charge is 0.389 e. The van der Waals surface area contributed by atoms with E-state index in [4.69, 9.17) is 10.8 Å². The fourth-order valence-electron chi connectivity index (χ4n) is 1.36. The van der Waals surface area contributed by atoms with Crippen LogP contribution in [0.5, 0.6) is 17.2 Å². The Hall–Kier alpha value is -1.63. The van der Waals surface area contributed by atoms with Gasteiger partial charge in [-0.2, -0.15) is 13.2 Å². The van der Waals surface area contributed by atoms with E-state index in [0.717, 1.165) is 6.07 Å². The quantitative estimate of drug-likeness (QED) is 0.620. The van der Waals surface area contributed by atoms with Gasteiger partial charge in [0.15, 0.2) is 11.5 Å². The van der Waals surface area contributed by atoms with Crippen LogP contribution in [0.2, 0.25) is 0 Å². The lowest BCUT2D eigenvalue weighted by Crippen LogP contribution is -2.15. The Kier molecular flexibility index (Phi) is 3.72. The minimum Gasteiger partial charge on any atom is -0.504 e. The molecule has 96 valence electrons. The zero-order valence-electron chi connectivity index (χ0n) is 8.70. The predicted octanol–water partition coefficient (Wildman–Crippen LogP) is 2.15. The summed E-state index contributed by atoms with van der Waals surface area (Å²) in [6.07, 6.45) is -5.83. The molecule has 0 aliphatic heterocycles. The Morgan fingerprint density at radius 3 is 2.24 bits per heavy atom. The topological polar surface area (TPSA) is 86.7 Å². The summed E-state index contributed by atoms with van der Waals surface area (Å²) in [5, 5.41) is 27.6. The maximum atomic E-state index is 12.0. The third-order valence-corrected chi connectivity index (χ3v) is 2.30. The SMILES string of the molecule is N[C@H](CCC(F)(F)F)c1ccc(O)c(O)c1O. The first kappa shape index (κ1) is 13.4. The lowest BCUT2D eigenvalue weighted by molar-refractivity contribution is -0.136. The minimum atomic E-state index is -4.33. The third-order valence-electron chi connectivity index (χ3n) is 2.30. The molecule has 17 heavy (non-hydrogen) atoms. The van der Waals surface area contributed by atoms with Gasteiger partial charge in [-0.05, 0) is 18.6 Å². The zero-order chi connectivity index (χ0) is 13.2. The second kappa shape index (κ2) is 4.70. The second-order valence-electron chi connectivity index (χ2n) is 3.63. The number of hydrogen-bond acceptors (Lipinski definition) is 4. The molecule has 7 heteroatoms. The summed E-state index contributed by atoms with van der Waals surface area (Å²) in [5.41, 5.74) is 5.43.